The van der Waals surface area contributed by atoms with Gasteiger partial charge in [0.1, 0.15) is 0 Å². The Morgan fingerprint density at radius 1 is 1.80 bits per heavy atom. The molecule has 0 aliphatic rings. The second-order valence-electron chi connectivity index (χ2n) is 1.77. The molecule has 3 heteroatoms. The van der Waals surface area contributed by atoms with Crippen LogP contribution in [0, 0.1) is 11.3 Å². The first-order valence-corrected chi connectivity index (χ1v) is 4.57. The Morgan fingerprint density at radius 3 is 3.00 bits per heavy atom. The van der Waals surface area contributed by atoms with Gasteiger partial charge < -0.3 is 0 Å². The first-order valence-electron chi connectivity index (χ1n) is 3.04. The summed E-state index contributed by atoms with van der Waals surface area (Å²) in [7, 11) is 0. The third-order valence-corrected chi connectivity index (χ3v) is 1.89. The van der Waals surface area contributed by atoms with Gasteiger partial charge in [-0.25, -0.2) is 0 Å². The van der Waals surface area contributed by atoms with Gasteiger partial charge in [0.2, 0.25) is 0 Å². The second-order valence-corrected chi connectivity index (χ2v) is 3.52. The van der Waals surface area contributed by atoms with Gasteiger partial charge in [-0.2, -0.15) is 17.0 Å². The van der Waals surface area contributed by atoms with Crippen LogP contribution in [0.5, 0.6) is 0 Å². The molecule has 10 heavy (non-hydrogen) atoms. The van der Waals surface area contributed by atoms with Crippen molar-refractivity contribution in [2.75, 3.05) is 11.5 Å². The predicted octanol–water partition coefficient (Wildman–Crippen LogP) is 2.78. The molecular weight excluding hydrogens is 166 g/mol. The van der Waals surface area contributed by atoms with Crippen molar-refractivity contribution in [2.45, 2.75) is 13.3 Å². The Labute approximate surface area is 71.1 Å². The zero-order chi connectivity index (χ0) is 7.82. The zero-order valence-electron chi connectivity index (χ0n) is 5.93. The van der Waals surface area contributed by atoms with Crippen molar-refractivity contribution in [2.24, 2.45) is 0 Å². The van der Waals surface area contributed by atoms with Crippen molar-refractivity contribution in [3.8, 4) is 6.07 Å². The fraction of sp³-hybridized carbons (Fsp3) is 0.571. The van der Waals surface area contributed by atoms with E-state index in [1.54, 1.807) is 11.8 Å². The molecule has 0 aliphatic heterocycles. The average Bonchev–Trinajstić information content (AvgIpc) is 1.87. The average molecular weight is 176 g/mol. The fourth-order valence-electron chi connectivity index (χ4n) is 0.375. The van der Waals surface area contributed by atoms with Crippen LogP contribution in [0.15, 0.2) is 11.1 Å². The van der Waals surface area contributed by atoms with Crippen LogP contribution in [-0.2, 0) is 0 Å². The Bertz CT molecular complexity index is 144. The van der Waals surface area contributed by atoms with E-state index in [0.29, 0.717) is 6.42 Å². The van der Waals surface area contributed by atoms with Crippen molar-refractivity contribution < 1.29 is 0 Å². The maximum Gasteiger partial charge on any atom is 0.0630 e. The van der Waals surface area contributed by atoms with Crippen LogP contribution in [0.25, 0.3) is 0 Å². The fourth-order valence-corrected chi connectivity index (χ4v) is 1.31. The van der Waals surface area contributed by atoms with Crippen LogP contribution < -0.4 is 0 Å². The molecule has 0 bridgehead atoms. The summed E-state index contributed by atoms with van der Waals surface area (Å²) < 4.78 is 0. The molecule has 1 nitrogen and oxygen atoms in total. The lowest BCUT2D eigenvalue weighted by molar-refractivity contribution is 1.24. The van der Waals surface area contributed by atoms with Crippen LogP contribution in [0.3, 0.4) is 0 Å². The predicted molar refractivity (Wildman–Crippen MR) is 47.2 cm³/mol. The van der Waals surface area contributed by atoms with Crippen molar-refractivity contribution in [3.63, 3.8) is 0 Å². The summed E-state index contributed by atoms with van der Waals surface area (Å²) in [5.74, 6) is 1.81. The van der Waals surface area contributed by atoms with E-state index in [9.17, 15) is 0 Å². The number of nitriles is 1. The smallest absolute Gasteiger partial charge is 0.0630 e. The summed E-state index contributed by atoms with van der Waals surface area (Å²) in [6.45, 7) is 1.85. The number of hydrogen-bond acceptors (Lipinski definition) is 2. The number of thioether (sulfide) groups is 1. The van der Waals surface area contributed by atoms with Gasteiger partial charge in [0.05, 0.1) is 6.07 Å². The largest absolute Gasteiger partial charge is 0.198 e. The van der Waals surface area contributed by atoms with E-state index in [4.69, 9.17) is 16.9 Å². The number of rotatable bonds is 4. The Balaban J connectivity index is 3.07. The van der Waals surface area contributed by atoms with Gasteiger partial charge in [0.15, 0.2) is 0 Å². The molecule has 0 fully saturated rings. The highest BCUT2D eigenvalue weighted by Crippen LogP contribution is 2.05. The molecular formula is C7H10ClNS. The topological polar surface area (TPSA) is 23.8 Å². The van der Waals surface area contributed by atoms with Gasteiger partial charge in [0.25, 0.3) is 0 Å². The minimum atomic E-state index is 0.625. The normalized spacial score (nSPS) is 11.1. The maximum absolute atomic E-state index is 8.17. The van der Waals surface area contributed by atoms with Crippen LogP contribution >= 0.6 is 23.4 Å². The lowest BCUT2D eigenvalue weighted by atomic mass is 10.6. The molecule has 0 aliphatic carbocycles. The van der Waals surface area contributed by atoms with E-state index >= 15 is 0 Å². The third kappa shape index (κ3) is 7.87. The molecule has 56 valence electrons. The lowest BCUT2D eigenvalue weighted by Crippen LogP contribution is -1.77. The van der Waals surface area contributed by atoms with Crippen molar-refractivity contribution in [1.29, 1.82) is 5.26 Å². The van der Waals surface area contributed by atoms with E-state index in [-0.39, 0.29) is 0 Å². The SMILES string of the molecule is C/C(Cl)=C/CSCCC#N. The Morgan fingerprint density at radius 2 is 2.50 bits per heavy atom. The molecule has 0 unspecified atom stereocenters. The van der Waals surface area contributed by atoms with Gasteiger partial charge in [-0.15, -0.1) is 0 Å². The first kappa shape index (κ1) is 9.87. The van der Waals surface area contributed by atoms with Gasteiger partial charge >= 0.3 is 0 Å². The number of allylic oxidation sites excluding steroid dienone is 1. The van der Waals surface area contributed by atoms with Gasteiger partial charge in [-0.1, -0.05) is 17.7 Å². The third-order valence-electron chi connectivity index (χ3n) is 0.841. The molecule has 0 N–H and O–H groups in total. The molecule has 0 heterocycles. The summed E-state index contributed by atoms with van der Waals surface area (Å²) in [5, 5.41) is 8.99. The number of nitrogens with zero attached hydrogens (tertiary/aromatic N) is 1. The molecule has 0 atom stereocenters. The highest BCUT2D eigenvalue weighted by molar-refractivity contribution is 7.99. The highest BCUT2D eigenvalue weighted by Gasteiger charge is 1.84. The van der Waals surface area contributed by atoms with Gasteiger partial charge in [-0.3, -0.25) is 0 Å². The van der Waals surface area contributed by atoms with E-state index in [0.717, 1.165) is 16.5 Å². The summed E-state index contributed by atoms with van der Waals surface area (Å²) in [5.41, 5.74) is 0. The minimum Gasteiger partial charge on any atom is -0.198 e. The maximum atomic E-state index is 8.17. The van der Waals surface area contributed by atoms with Crippen LogP contribution in [0.2, 0.25) is 0 Å². The Kier molecular flexibility index (Phi) is 6.89. The van der Waals surface area contributed by atoms with Gasteiger partial charge in [0, 0.05) is 23.0 Å². The molecule has 0 amide bonds. The van der Waals surface area contributed by atoms with Crippen LogP contribution in [0.1, 0.15) is 13.3 Å². The van der Waals surface area contributed by atoms with Crippen molar-refractivity contribution in [3.05, 3.63) is 11.1 Å². The lowest BCUT2D eigenvalue weighted by Gasteiger charge is -1.90. The zero-order valence-corrected chi connectivity index (χ0v) is 7.50. The molecule has 0 saturated carbocycles. The number of halogens is 1. The van der Waals surface area contributed by atoms with Crippen molar-refractivity contribution in [1.82, 2.24) is 0 Å². The first-order chi connectivity index (χ1) is 4.77. The van der Waals surface area contributed by atoms with E-state index in [2.05, 4.69) is 6.07 Å². The minimum absolute atomic E-state index is 0.625. The summed E-state index contributed by atoms with van der Waals surface area (Å²) in [4.78, 5) is 0. The molecule has 0 radical (unpaired) electrons. The van der Waals surface area contributed by atoms with Gasteiger partial charge in [-0.05, 0) is 6.92 Å². The second kappa shape index (κ2) is 6.98. The molecule has 0 saturated heterocycles. The monoisotopic (exact) mass is 175 g/mol. The van der Waals surface area contributed by atoms with E-state index in [1.807, 2.05) is 13.0 Å². The summed E-state index contributed by atoms with van der Waals surface area (Å²) in [6.07, 6.45) is 2.57. The molecule has 0 spiro atoms. The molecule has 0 aromatic rings. The van der Waals surface area contributed by atoms with Crippen LogP contribution in [0.4, 0.5) is 0 Å². The van der Waals surface area contributed by atoms with Crippen LogP contribution in [-0.4, -0.2) is 11.5 Å². The molecule has 0 aromatic heterocycles. The van der Waals surface area contributed by atoms with Crippen molar-refractivity contribution >= 4 is 23.4 Å². The summed E-state index contributed by atoms with van der Waals surface area (Å²) >= 11 is 7.30. The number of hydrogen-bond donors (Lipinski definition) is 0. The molecule has 0 aromatic carbocycles. The summed E-state index contributed by atoms with van der Waals surface area (Å²) in [6, 6.07) is 2.08. The quantitative estimate of drug-likeness (QED) is 0.614. The Hall–Kier alpha value is -0.130. The standard InChI is InChI=1S/C7H10ClNS/c1-7(8)3-6-10-5-2-4-9/h3H,2,5-6H2,1H3/b7-3-. The molecule has 0 rings (SSSR count). The highest BCUT2D eigenvalue weighted by atomic mass is 35.5. The van der Waals surface area contributed by atoms with E-state index < -0.39 is 0 Å². The van der Waals surface area contributed by atoms with E-state index in [1.165, 1.54) is 0 Å².